The Kier molecular flexibility index (Phi) is 8.61. The molecule has 1 atom stereocenters. The Morgan fingerprint density at radius 1 is 1.26 bits per heavy atom. The van der Waals surface area contributed by atoms with Gasteiger partial charge in [-0.2, -0.15) is 0 Å². The van der Waals surface area contributed by atoms with Gasteiger partial charge in [-0.05, 0) is 24.6 Å². The van der Waals surface area contributed by atoms with Gasteiger partial charge >= 0.3 is 0 Å². The van der Waals surface area contributed by atoms with Gasteiger partial charge in [-0.25, -0.2) is 0 Å². The number of nitrogens with one attached hydrogen (secondary N) is 1. The molecule has 23 heavy (non-hydrogen) atoms. The first-order valence-electron chi connectivity index (χ1n) is 7.65. The molecule has 0 aliphatic rings. The van der Waals surface area contributed by atoms with E-state index in [4.69, 9.17) is 5.73 Å². The number of aromatic nitrogens is 1. The van der Waals surface area contributed by atoms with Gasteiger partial charge in [-0.15, -0.1) is 24.0 Å². The number of aliphatic imine (C=N–C) groups is 1. The Morgan fingerprint density at radius 2 is 2.09 bits per heavy atom. The molecule has 2 aromatic rings. The minimum absolute atomic E-state index is 0. The van der Waals surface area contributed by atoms with E-state index in [1.807, 2.05) is 18.2 Å². The summed E-state index contributed by atoms with van der Waals surface area (Å²) in [5.41, 5.74) is 9.53. The first kappa shape index (κ1) is 19.4. The molecule has 1 unspecified atom stereocenters. The quantitative estimate of drug-likeness (QED) is 0.425. The molecule has 3 N–H and O–H groups in total. The van der Waals surface area contributed by atoms with Crippen LogP contribution in [0.4, 0.5) is 0 Å². The zero-order chi connectivity index (χ0) is 15.8. The van der Waals surface area contributed by atoms with Crippen LogP contribution < -0.4 is 11.1 Å². The van der Waals surface area contributed by atoms with Gasteiger partial charge in [-0.1, -0.05) is 42.8 Å². The van der Waals surface area contributed by atoms with Gasteiger partial charge in [-0.3, -0.25) is 9.98 Å². The van der Waals surface area contributed by atoms with Crippen molar-refractivity contribution in [3.63, 3.8) is 0 Å². The monoisotopic (exact) mass is 424 g/mol. The number of hydrogen-bond donors (Lipinski definition) is 2. The van der Waals surface area contributed by atoms with Gasteiger partial charge in [0.2, 0.25) is 0 Å². The number of hydrogen-bond acceptors (Lipinski definition) is 2. The lowest BCUT2D eigenvalue weighted by molar-refractivity contribution is 0.760. The van der Waals surface area contributed by atoms with Crippen LogP contribution in [0.15, 0.2) is 53.7 Å². The van der Waals surface area contributed by atoms with Crippen LogP contribution in [0.2, 0.25) is 0 Å². The van der Waals surface area contributed by atoms with Crippen molar-refractivity contribution in [2.75, 3.05) is 13.1 Å². The second-order valence-corrected chi connectivity index (χ2v) is 5.54. The molecule has 0 saturated carbocycles. The summed E-state index contributed by atoms with van der Waals surface area (Å²) in [6.07, 6.45) is 2.64. The van der Waals surface area contributed by atoms with Crippen LogP contribution in [-0.2, 0) is 6.42 Å². The summed E-state index contributed by atoms with van der Waals surface area (Å²) in [5.74, 6) is 0.853. The fourth-order valence-corrected chi connectivity index (χ4v) is 2.24. The van der Waals surface area contributed by atoms with E-state index in [9.17, 15) is 0 Å². The number of nitrogens with two attached hydrogens (primary N) is 1. The summed E-state index contributed by atoms with van der Waals surface area (Å²) >= 11 is 0. The standard InChI is InChI=1S/C18H24N4.HI/c1-14-6-5-7-16(12-14)15(2)13-22-18(19)21-11-9-17-8-3-4-10-20-17;/h3-8,10,12,15H,9,11,13H2,1-2H3,(H3,19,21,22);1H. The van der Waals surface area contributed by atoms with Crippen molar-refractivity contribution < 1.29 is 0 Å². The molecule has 1 aromatic heterocycles. The summed E-state index contributed by atoms with van der Waals surface area (Å²) in [6.45, 7) is 5.70. The molecule has 0 amide bonds. The van der Waals surface area contributed by atoms with Gasteiger partial charge < -0.3 is 11.1 Å². The number of aryl methyl sites for hydroxylation is 1. The highest BCUT2D eigenvalue weighted by atomic mass is 127. The van der Waals surface area contributed by atoms with Crippen molar-refractivity contribution in [2.45, 2.75) is 26.2 Å². The molecule has 1 heterocycles. The molecule has 124 valence electrons. The molecule has 0 bridgehead atoms. The molecule has 0 saturated heterocycles. The first-order valence-corrected chi connectivity index (χ1v) is 7.65. The Bertz CT molecular complexity index is 613. The summed E-state index contributed by atoms with van der Waals surface area (Å²) < 4.78 is 0. The molecule has 2 rings (SSSR count). The molecular weight excluding hydrogens is 399 g/mol. The lowest BCUT2D eigenvalue weighted by Gasteiger charge is -2.11. The van der Waals surface area contributed by atoms with Crippen LogP contribution in [-0.4, -0.2) is 24.0 Å². The summed E-state index contributed by atoms with van der Waals surface area (Å²) in [7, 11) is 0. The SMILES string of the molecule is Cc1cccc(C(C)CN=C(N)NCCc2ccccn2)c1.I. The van der Waals surface area contributed by atoms with E-state index in [0.717, 1.165) is 18.7 Å². The fourth-order valence-electron chi connectivity index (χ4n) is 2.24. The maximum atomic E-state index is 5.91. The number of benzene rings is 1. The first-order chi connectivity index (χ1) is 10.6. The third-order valence-electron chi connectivity index (χ3n) is 3.56. The molecule has 0 aliphatic heterocycles. The van der Waals surface area contributed by atoms with E-state index in [1.165, 1.54) is 11.1 Å². The minimum Gasteiger partial charge on any atom is -0.370 e. The second-order valence-electron chi connectivity index (χ2n) is 5.54. The highest BCUT2D eigenvalue weighted by Gasteiger charge is 2.05. The normalized spacial score (nSPS) is 12.3. The number of nitrogens with zero attached hydrogens (tertiary/aromatic N) is 2. The molecule has 0 aliphatic carbocycles. The van der Waals surface area contributed by atoms with Crippen LogP contribution in [0.5, 0.6) is 0 Å². The van der Waals surface area contributed by atoms with Gasteiger partial charge in [0.1, 0.15) is 0 Å². The molecule has 5 heteroatoms. The number of halogens is 1. The molecule has 0 fully saturated rings. The topological polar surface area (TPSA) is 63.3 Å². The maximum Gasteiger partial charge on any atom is 0.188 e. The number of rotatable bonds is 6. The van der Waals surface area contributed by atoms with E-state index in [2.05, 4.69) is 53.4 Å². The van der Waals surface area contributed by atoms with Crippen LogP contribution in [0, 0.1) is 6.92 Å². The van der Waals surface area contributed by atoms with Crippen molar-refractivity contribution in [2.24, 2.45) is 10.7 Å². The smallest absolute Gasteiger partial charge is 0.188 e. The molecule has 0 radical (unpaired) electrons. The molecular formula is C18H25IN4. The van der Waals surface area contributed by atoms with Crippen molar-refractivity contribution in [1.29, 1.82) is 0 Å². The molecule has 0 spiro atoms. The van der Waals surface area contributed by atoms with E-state index >= 15 is 0 Å². The summed E-state index contributed by atoms with van der Waals surface area (Å²) in [4.78, 5) is 8.70. The van der Waals surface area contributed by atoms with Gasteiger partial charge in [0.05, 0.1) is 0 Å². The molecule has 1 aromatic carbocycles. The zero-order valence-electron chi connectivity index (χ0n) is 13.7. The lowest BCUT2D eigenvalue weighted by Crippen LogP contribution is -2.33. The third kappa shape index (κ3) is 6.99. The van der Waals surface area contributed by atoms with Gasteiger partial charge in [0, 0.05) is 37.3 Å². The van der Waals surface area contributed by atoms with Crippen molar-refractivity contribution in [3.8, 4) is 0 Å². The zero-order valence-corrected chi connectivity index (χ0v) is 16.0. The average Bonchev–Trinajstić information content (AvgIpc) is 2.53. The predicted octanol–water partition coefficient (Wildman–Crippen LogP) is 3.26. The van der Waals surface area contributed by atoms with Crippen LogP contribution in [0.25, 0.3) is 0 Å². The van der Waals surface area contributed by atoms with E-state index in [-0.39, 0.29) is 24.0 Å². The number of guanidine groups is 1. The van der Waals surface area contributed by atoms with Gasteiger partial charge in [0.15, 0.2) is 5.96 Å². The summed E-state index contributed by atoms with van der Waals surface area (Å²) in [5, 5.41) is 3.14. The lowest BCUT2D eigenvalue weighted by atomic mass is 10.00. The van der Waals surface area contributed by atoms with Crippen LogP contribution in [0.3, 0.4) is 0 Å². The van der Waals surface area contributed by atoms with E-state index in [1.54, 1.807) is 6.20 Å². The van der Waals surface area contributed by atoms with E-state index in [0.29, 0.717) is 18.4 Å². The summed E-state index contributed by atoms with van der Waals surface area (Å²) in [6, 6.07) is 14.4. The maximum absolute atomic E-state index is 5.91. The van der Waals surface area contributed by atoms with Crippen LogP contribution >= 0.6 is 24.0 Å². The van der Waals surface area contributed by atoms with Gasteiger partial charge in [0.25, 0.3) is 0 Å². The van der Waals surface area contributed by atoms with Crippen molar-refractivity contribution in [1.82, 2.24) is 10.3 Å². The average molecular weight is 424 g/mol. The van der Waals surface area contributed by atoms with Crippen LogP contribution in [0.1, 0.15) is 29.7 Å². The minimum atomic E-state index is 0. The molecule has 4 nitrogen and oxygen atoms in total. The Labute approximate surface area is 155 Å². The van der Waals surface area contributed by atoms with Crippen molar-refractivity contribution >= 4 is 29.9 Å². The van der Waals surface area contributed by atoms with E-state index < -0.39 is 0 Å². The second kappa shape index (κ2) is 10.2. The third-order valence-corrected chi connectivity index (χ3v) is 3.56. The van der Waals surface area contributed by atoms with Crippen molar-refractivity contribution in [3.05, 3.63) is 65.5 Å². The predicted molar refractivity (Wildman–Crippen MR) is 107 cm³/mol. The number of pyridine rings is 1. The largest absolute Gasteiger partial charge is 0.370 e. The highest BCUT2D eigenvalue weighted by molar-refractivity contribution is 14.0. The highest BCUT2D eigenvalue weighted by Crippen LogP contribution is 2.16. The Morgan fingerprint density at radius 3 is 2.78 bits per heavy atom. The Hall–Kier alpha value is -1.63. The fraction of sp³-hybridized carbons (Fsp3) is 0.333. The Balaban J connectivity index is 0.00000264.